The van der Waals surface area contributed by atoms with Crippen LogP contribution in [0.1, 0.15) is 5.56 Å². The average molecular weight is 218 g/mol. The fourth-order valence-electron chi connectivity index (χ4n) is 1.35. The lowest BCUT2D eigenvalue weighted by atomic mass is 10.1. The van der Waals surface area contributed by atoms with Gasteiger partial charge >= 0.3 is 5.97 Å². The molecule has 2 aromatic rings. The minimum atomic E-state index is -0.972. The predicted molar refractivity (Wildman–Crippen MR) is 55.6 cm³/mol. The molecule has 0 unspecified atom stereocenters. The number of tetrazole rings is 1. The summed E-state index contributed by atoms with van der Waals surface area (Å²) < 4.78 is 1.26. The fraction of sp³-hybridized carbons (Fsp3) is 0.200. The Labute approximate surface area is 91.5 Å². The molecule has 1 aromatic heterocycles. The van der Waals surface area contributed by atoms with Gasteiger partial charge in [0.2, 0.25) is 0 Å². The van der Waals surface area contributed by atoms with Crippen LogP contribution in [0.4, 0.5) is 0 Å². The summed E-state index contributed by atoms with van der Waals surface area (Å²) in [5.74, 6) is -0.511. The van der Waals surface area contributed by atoms with E-state index in [4.69, 9.17) is 5.11 Å². The highest BCUT2D eigenvalue weighted by Crippen LogP contribution is 2.15. The molecule has 1 heterocycles. The molecule has 1 aromatic carbocycles. The molecule has 0 aliphatic rings. The molecule has 6 nitrogen and oxygen atoms in total. The molecular formula is C10H10N4O2. The van der Waals surface area contributed by atoms with Gasteiger partial charge in [-0.2, -0.15) is 0 Å². The second-order valence-corrected chi connectivity index (χ2v) is 3.42. The Morgan fingerprint density at radius 1 is 1.38 bits per heavy atom. The van der Waals surface area contributed by atoms with Crippen LogP contribution < -0.4 is 0 Å². The van der Waals surface area contributed by atoms with E-state index in [1.165, 1.54) is 4.68 Å². The molecule has 0 saturated carbocycles. The number of rotatable bonds is 3. The van der Waals surface area contributed by atoms with Crippen LogP contribution in [0.3, 0.4) is 0 Å². The normalized spacial score (nSPS) is 10.3. The van der Waals surface area contributed by atoms with E-state index < -0.39 is 5.97 Å². The van der Waals surface area contributed by atoms with Gasteiger partial charge < -0.3 is 5.11 Å². The van der Waals surface area contributed by atoms with Crippen molar-refractivity contribution in [2.45, 2.75) is 13.5 Å². The highest BCUT2D eigenvalue weighted by Gasteiger charge is 2.10. The molecule has 1 N–H and O–H groups in total. The van der Waals surface area contributed by atoms with Crippen LogP contribution in [0.2, 0.25) is 0 Å². The van der Waals surface area contributed by atoms with E-state index in [-0.39, 0.29) is 6.54 Å². The highest BCUT2D eigenvalue weighted by molar-refractivity contribution is 5.67. The number of aromatic nitrogens is 4. The third-order valence-corrected chi connectivity index (χ3v) is 2.13. The van der Waals surface area contributed by atoms with Gasteiger partial charge in [-0.05, 0) is 17.4 Å². The number of aliphatic carboxylic acids is 1. The van der Waals surface area contributed by atoms with E-state index in [0.29, 0.717) is 5.82 Å². The summed E-state index contributed by atoms with van der Waals surface area (Å²) >= 11 is 0. The summed E-state index contributed by atoms with van der Waals surface area (Å²) in [6.45, 7) is 1.74. The Kier molecular flexibility index (Phi) is 2.63. The molecular weight excluding hydrogens is 208 g/mol. The topological polar surface area (TPSA) is 80.9 Å². The lowest BCUT2D eigenvalue weighted by molar-refractivity contribution is -0.137. The van der Waals surface area contributed by atoms with Crippen molar-refractivity contribution in [3.63, 3.8) is 0 Å². The lowest BCUT2D eigenvalue weighted by Crippen LogP contribution is -2.11. The summed E-state index contributed by atoms with van der Waals surface area (Å²) in [7, 11) is 0. The minimum absolute atomic E-state index is 0.240. The summed E-state index contributed by atoms with van der Waals surface area (Å²) in [6, 6.07) is 7.57. The number of aryl methyl sites for hydroxylation is 1. The molecule has 0 bridgehead atoms. The third kappa shape index (κ3) is 2.05. The average Bonchev–Trinajstić information content (AvgIpc) is 2.66. The highest BCUT2D eigenvalue weighted by atomic mass is 16.4. The molecule has 82 valence electrons. The maximum Gasteiger partial charge on any atom is 0.325 e. The Morgan fingerprint density at radius 3 is 2.69 bits per heavy atom. The standard InChI is InChI=1S/C10H10N4O2/c1-7-2-4-8(5-3-7)10-11-12-13-14(10)6-9(15)16/h2-5H,6H2,1H3,(H,15,16). The molecule has 0 aliphatic heterocycles. The number of nitrogens with zero attached hydrogens (tertiary/aromatic N) is 4. The first kappa shape index (κ1) is 10.3. The molecule has 0 radical (unpaired) electrons. The van der Waals surface area contributed by atoms with E-state index in [1.54, 1.807) is 0 Å². The molecule has 2 rings (SSSR count). The van der Waals surface area contributed by atoms with Gasteiger partial charge in [-0.25, -0.2) is 4.68 Å². The Bertz CT molecular complexity index is 504. The first-order chi connectivity index (χ1) is 7.66. The molecule has 6 heteroatoms. The molecule has 0 fully saturated rings. The van der Waals surface area contributed by atoms with Gasteiger partial charge in [-0.1, -0.05) is 29.8 Å². The minimum Gasteiger partial charge on any atom is -0.480 e. The van der Waals surface area contributed by atoms with E-state index in [1.807, 2.05) is 31.2 Å². The number of benzene rings is 1. The quantitative estimate of drug-likeness (QED) is 0.821. The Morgan fingerprint density at radius 2 is 2.06 bits per heavy atom. The molecule has 0 aliphatic carbocycles. The van der Waals surface area contributed by atoms with E-state index in [2.05, 4.69) is 15.5 Å². The summed E-state index contributed by atoms with van der Waals surface area (Å²) in [6.07, 6.45) is 0. The summed E-state index contributed by atoms with van der Waals surface area (Å²) in [5.41, 5.74) is 1.93. The fourth-order valence-corrected chi connectivity index (χ4v) is 1.35. The van der Waals surface area contributed by atoms with Crippen molar-refractivity contribution < 1.29 is 9.90 Å². The van der Waals surface area contributed by atoms with Crippen molar-refractivity contribution in [3.05, 3.63) is 29.8 Å². The zero-order valence-corrected chi connectivity index (χ0v) is 8.66. The monoisotopic (exact) mass is 218 g/mol. The van der Waals surface area contributed by atoms with Gasteiger partial charge in [0, 0.05) is 5.56 Å². The maximum atomic E-state index is 10.6. The lowest BCUT2D eigenvalue weighted by Gasteiger charge is -2.01. The van der Waals surface area contributed by atoms with Crippen LogP contribution in [-0.2, 0) is 11.3 Å². The van der Waals surface area contributed by atoms with Gasteiger partial charge in [0.15, 0.2) is 5.82 Å². The van der Waals surface area contributed by atoms with E-state index >= 15 is 0 Å². The number of hydrogen-bond donors (Lipinski definition) is 1. The summed E-state index contributed by atoms with van der Waals surface area (Å²) in [5, 5.41) is 19.6. The molecule has 0 spiro atoms. The second-order valence-electron chi connectivity index (χ2n) is 3.42. The summed E-state index contributed by atoms with van der Waals surface area (Å²) in [4.78, 5) is 10.6. The SMILES string of the molecule is Cc1ccc(-c2nnnn2CC(=O)O)cc1. The second kappa shape index (κ2) is 4.09. The van der Waals surface area contributed by atoms with Crippen LogP contribution in [0, 0.1) is 6.92 Å². The Hall–Kier alpha value is -2.24. The maximum absolute atomic E-state index is 10.6. The van der Waals surface area contributed by atoms with E-state index in [9.17, 15) is 4.79 Å². The zero-order valence-electron chi connectivity index (χ0n) is 8.66. The van der Waals surface area contributed by atoms with Crippen molar-refractivity contribution in [1.29, 1.82) is 0 Å². The number of carboxylic acids is 1. The zero-order chi connectivity index (χ0) is 11.5. The number of carbonyl (C=O) groups is 1. The van der Waals surface area contributed by atoms with Gasteiger partial charge in [0.1, 0.15) is 6.54 Å². The van der Waals surface area contributed by atoms with Gasteiger partial charge in [-0.3, -0.25) is 4.79 Å². The predicted octanol–water partition coefficient (Wildman–Crippen LogP) is 0.733. The molecule has 0 atom stereocenters. The van der Waals surface area contributed by atoms with Crippen molar-refractivity contribution >= 4 is 5.97 Å². The van der Waals surface area contributed by atoms with Crippen molar-refractivity contribution in [2.24, 2.45) is 0 Å². The smallest absolute Gasteiger partial charge is 0.325 e. The van der Waals surface area contributed by atoms with Crippen LogP contribution in [0.25, 0.3) is 11.4 Å². The largest absolute Gasteiger partial charge is 0.480 e. The first-order valence-electron chi connectivity index (χ1n) is 4.72. The van der Waals surface area contributed by atoms with Gasteiger partial charge in [0.25, 0.3) is 0 Å². The van der Waals surface area contributed by atoms with Gasteiger partial charge in [-0.15, -0.1) is 5.10 Å². The molecule has 0 saturated heterocycles. The molecule has 16 heavy (non-hydrogen) atoms. The Balaban J connectivity index is 2.36. The van der Waals surface area contributed by atoms with Crippen LogP contribution in [0.15, 0.2) is 24.3 Å². The van der Waals surface area contributed by atoms with Crippen LogP contribution in [0.5, 0.6) is 0 Å². The third-order valence-electron chi connectivity index (χ3n) is 2.13. The van der Waals surface area contributed by atoms with Gasteiger partial charge in [0.05, 0.1) is 0 Å². The van der Waals surface area contributed by atoms with Crippen LogP contribution in [-0.4, -0.2) is 31.3 Å². The number of hydrogen-bond acceptors (Lipinski definition) is 4. The number of carboxylic acid groups (broad SMARTS) is 1. The molecule has 0 amide bonds. The van der Waals surface area contributed by atoms with E-state index in [0.717, 1.165) is 11.1 Å². The van der Waals surface area contributed by atoms with Crippen LogP contribution >= 0.6 is 0 Å². The van der Waals surface area contributed by atoms with Crippen molar-refractivity contribution in [3.8, 4) is 11.4 Å². The van der Waals surface area contributed by atoms with Crippen molar-refractivity contribution in [1.82, 2.24) is 20.2 Å². The first-order valence-corrected chi connectivity index (χ1v) is 4.72. The van der Waals surface area contributed by atoms with Crippen molar-refractivity contribution in [2.75, 3.05) is 0 Å².